The van der Waals surface area contributed by atoms with Crippen LogP contribution in [0.25, 0.3) is 0 Å². The highest BCUT2D eigenvalue weighted by Gasteiger charge is 2.06. The summed E-state index contributed by atoms with van der Waals surface area (Å²) < 4.78 is 10.3. The number of benzene rings is 1. The molecule has 6 heteroatoms. The highest BCUT2D eigenvalue weighted by Crippen LogP contribution is 2.32. The van der Waals surface area contributed by atoms with Crippen molar-refractivity contribution < 1.29 is 14.6 Å². The van der Waals surface area contributed by atoms with Gasteiger partial charge in [0.25, 0.3) is 0 Å². The first-order valence-corrected chi connectivity index (χ1v) is 7.33. The van der Waals surface area contributed by atoms with E-state index in [2.05, 4.69) is 9.97 Å². The third-order valence-electron chi connectivity index (χ3n) is 2.83. The average molecular weight is 306 g/mol. The van der Waals surface area contributed by atoms with E-state index in [4.69, 9.17) is 9.47 Å². The maximum atomic E-state index is 9.77. The SMILES string of the molecule is COCCOc1cnc(Sc2cc(C)c(O)c(C)c2)cn1. The van der Waals surface area contributed by atoms with Gasteiger partial charge in [-0.1, -0.05) is 11.8 Å². The lowest BCUT2D eigenvalue weighted by molar-refractivity contribution is 0.143. The number of ether oxygens (including phenoxy) is 2. The minimum atomic E-state index is 0.340. The molecular formula is C15H18N2O3S. The highest BCUT2D eigenvalue weighted by molar-refractivity contribution is 7.99. The third kappa shape index (κ3) is 4.34. The molecule has 0 saturated carbocycles. The standard InChI is InChI=1S/C15H18N2O3S/c1-10-6-12(7-11(2)15(10)18)21-14-9-16-13(8-17-14)20-5-4-19-3/h6-9,18H,4-5H2,1-3H3. The Morgan fingerprint density at radius 1 is 1.10 bits per heavy atom. The molecule has 0 spiro atoms. The van der Waals surface area contributed by atoms with E-state index in [0.29, 0.717) is 24.8 Å². The number of methoxy groups -OCH3 is 1. The van der Waals surface area contributed by atoms with Gasteiger partial charge < -0.3 is 14.6 Å². The third-order valence-corrected chi connectivity index (χ3v) is 3.72. The maximum Gasteiger partial charge on any atom is 0.232 e. The molecule has 1 N–H and O–H groups in total. The molecule has 5 nitrogen and oxygen atoms in total. The summed E-state index contributed by atoms with van der Waals surface area (Å²) in [4.78, 5) is 9.52. The molecule has 2 aromatic rings. The van der Waals surface area contributed by atoms with Crippen LogP contribution in [-0.2, 0) is 4.74 Å². The fraction of sp³-hybridized carbons (Fsp3) is 0.333. The lowest BCUT2D eigenvalue weighted by Gasteiger charge is -2.08. The molecule has 0 unspecified atom stereocenters. The number of phenols is 1. The van der Waals surface area contributed by atoms with Gasteiger partial charge in [0.05, 0.1) is 19.0 Å². The molecule has 0 amide bonds. The molecule has 1 aromatic heterocycles. The molecular weight excluding hydrogens is 288 g/mol. The number of nitrogens with zero attached hydrogens (tertiary/aromatic N) is 2. The molecule has 0 saturated heterocycles. The fourth-order valence-corrected chi connectivity index (χ4v) is 2.68. The van der Waals surface area contributed by atoms with Crippen molar-refractivity contribution in [1.82, 2.24) is 9.97 Å². The Morgan fingerprint density at radius 2 is 1.81 bits per heavy atom. The van der Waals surface area contributed by atoms with Crippen molar-refractivity contribution in [2.45, 2.75) is 23.8 Å². The second-order valence-corrected chi connectivity index (χ2v) is 5.64. The van der Waals surface area contributed by atoms with Crippen LogP contribution in [0.1, 0.15) is 11.1 Å². The van der Waals surface area contributed by atoms with Crippen LogP contribution in [0.4, 0.5) is 0 Å². The molecule has 0 aliphatic carbocycles. The molecule has 1 aromatic carbocycles. The van der Waals surface area contributed by atoms with Crippen LogP contribution in [0.3, 0.4) is 0 Å². The summed E-state index contributed by atoms with van der Waals surface area (Å²) >= 11 is 1.50. The lowest BCUT2D eigenvalue weighted by atomic mass is 10.1. The van der Waals surface area contributed by atoms with Gasteiger partial charge in [0, 0.05) is 12.0 Å². The highest BCUT2D eigenvalue weighted by atomic mass is 32.2. The van der Waals surface area contributed by atoms with E-state index in [0.717, 1.165) is 21.0 Å². The minimum absolute atomic E-state index is 0.340. The Bertz CT molecular complexity index is 579. The van der Waals surface area contributed by atoms with E-state index < -0.39 is 0 Å². The van der Waals surface area contributed by atoms with Crippen LogP contribution >= 0.6 is 11.8 Å². The van der Waals surface area contributed by atoms with E-state index >= 15 is 0 Å². The zero-order valence-corrected chi connectivity index (χ0v) is 13.1. The van der Waals surface area contributed by atoms with Crippen LogP contribution in [0.15, 0.2) is 34.4 Å². The Morgan fingerprint density at radius 3 is 2.38 bits per heavy atom. The smallest absolute Gasteiger partial charge is 0.232 e. The summed E-state index contributed by atoms with van der Waals surface area (Å²) in [7, 11) is 1.62. The summed E-state index contributed by atoms with van der Waals surface area (Å²) in [5.41, 5.74) is 1.70. The van der Waals surface area contributed by atoms with Gasteiger partial charge in [-0.25, -0.2) is 9.97 Å². The van der Waals surface area contributed by atoms with Crippen molar-refractivity contribution in [3.8, 4) is 11.6 Å². The Balaban J connectivity index is 2.03. The average Bonchev–Trinajstić information content (AvgIpc) is 2.47. The molecule has 112 valence electrons. The zero-order chi connectivity index (χ0) is 15.2. The number of hydrogen-bond acceptors (Lipinski definition) is 6. The molecule has 0 aliphatic heterocycles. The first-order chi connectivity index (χ1) is 10.1. The first kappa shape index (κ1) is 15.6. The van der Waals surface area contributed by atoms with Crippen molar-refractivity contribution in [2.75, 3.05) is 20.3 Å². The quantitative estimate of drug-likeness (QED) is 0.828. The van der Waals surface area contributed by atoms with Gasteiger partial charge >= 0.3 is 0 Å². The van der Waals surface area contributed by atoms with Gasteiger partial charge in [-0.15, -0.1) is 0 Å². The predicted octanol–water partition coefficient (Wildman–Crippen LogP) is 2.98. The Hall–Kier alpha value is -1.79. The number of aromatic nitrogens is 2. The van der Waals surface area contributed by atoms with Crippen molar-refractivity contribution in [2.24, 2.45) is 0 Å². The zero-order valence-electron chi connectivity index (χ0n) is 12.3. The van der Waals surface area contributed by atoms with E-state index in [1.807, 2.05) is 26.0 Å². The van der Waals surface area contributed by atoms with Gasteiger partial charge in [-0.05, 0) is 37.1 Å². The van der Waals surface area contributed by atoms with Crippen molar-refractivity contribution in [1.29, 1.82) is 0 Å². The van der Waals surface area contributed by atoms with Crippen LogP contribution in [-0.4, -0.2) is 35.4 Å². The number of hydrogen-bond donors (Lipinski definition) is 1. The Labute approximate surface area is 128 Å². The summed E-state index contributed by atoms with van der Waals surface area (Å²) in [5.74, 6) is 0.821. The number of aromatic hydroxyl groups is 1. The summed E-state index contributed by atoms with van der Waals surface area (Å²) in [6, 6.07) is 3.86. The molecule has 21 heavy (non-hydrogen) atoms. The van der Waals surface area contributed by atoms with Gasteiger partial charge in [-0.2, -0.15) is 0 Å². The number of aryl methyl sites for hydroxylation is 2. The second-order valence-electron chi connectivity index (χ2n) is 4.54. The predicted molar refractivity (Wildman–Crippen MR) is 81.1 cm³/mol. The number of phenolic OH excluding ortho intramolecular Hbond substituents is 1. The summed E-state index contributed by atoms with van der Waals surface area (Å²) in [5, 5.41) is 10.5. The minimum Gasteiger partial charge on any atom is -0.507 e. The largest absolute Gasteiger partial charge is 0.507 e. The van der Waals surface area contributed by atoms with Crippen molar-refractivity contribution >= 4 is 11.8 Å². The molecule has 2 rings (SSSR count). The van der Waals surface area contributed by atoms with Crippen LogP contribution in [0, 0.1) is 13.8 Å². The monoisotopic (exact) mass is 306 g/mol. The van der Waals surface area contributed by atoms with Gasteiger partial charge in [0.15, 0.2) is 0 Å². The lowest BCUT2D eigenvalue weighted by Crippen LogP contribution is -2.05. The van der Waals surface area contributed by atoms with Crippen molar-refractivity contribution in [3.05, 3.63) is 35.7 Å². The molecule has 0 radical (unpaired) electrons. The first-order valence-electron chi connectivity index (χ1n) is 6.52. The van der Waals surface area contributed by atoms with E-state index in [1.54, 1.807) is 19.5 Å². The van der Waals surface area contributed by atoms with Gasteiger partial charge in [0.2, 0.25) is 5.88 Å². The van der Waals surface area contributed by atoms with Crippen LogP contribution in [0.2, 0.25) is 0 Å². The molecule has 1 heterocycles. The molecule has 0 aliphatic rings. The van der Waals surface area contributed by atoms with Gasteiger partial charge in [-0.3, -0.25) is 0 Å². The van der Waals surface area contributed by atoms with Gasteiger partial charge in [0.1, 0.15) is 17.4 Å². The normalized spacial score (nSPS) is 10.6. The van der Waals surface area contributed by atoms with E-state index in [-0.39, 0.29) is 0 Å². The second kappa shape index (κ2) is 7.28. The maximum absolute atomic E-state index is 9.77. The Kier molecular flexibility index (Phi) is 5.41. The summed E-state index contributed by atoms with van der Waals surface area (Å²) in [6.45, 7) is 4.73. The summed E-state index contributed by atoms with van der Waals surface area (Å²) in [6.07, 6.45) is 3.27. The number of rotatable bonds is 6. The van der Waals surface area contributed by atoms with Crippen LogP contribution < -0.4 is 4.74 Å². The van der Waals surface area contributed by atoms with Crippen LogP contribution in [0.5, 0.6) is 11.6 Å². The topological polar surface area (TPSA) is 64.5 Å². The van der Waals surface area contributed by atoms with E-state index in [1.165, 1.54) is 11.8 Å². The molecule has 0 fully saturated rings. The fourth-order valence-electron chi connectivity index (χ4n) is 1.76. The van der Waals surface area contributed by atoms with Crippen molar-refractivity contribution in [3.63, 3.8) is 0 Å². The molecule has 0 bridgehead atoms. The molecule has 0 atom stereocenters. The van der Waals surface area contributed by atoms with E-state index in [9.17, 15) is 5.11 Å².